The van der Waals surface area contributed by atoms with E-state index in [2.05, 4.69) is 5.32 Å². The Morgan fingerprint density at radius 3 is 2.67 bits per heavy atom. The normalized spacial score (nSPS) is 16.4. The average Bonchev–Trinajstić information content (AvgIpc) is 2.91. The van der Waals surface area contributed by atoms with E-state index in [0.717, 1.165) is 31.2 Å². The third kappa shape index (κ3) is 4.19. The van der Waals surface area contributed by atoms with Gasteiger partial charge in [0.05, 0.1) is 5.54 Å². The Labute approximate surface area is 123 Å². The number of primary amides is 1. The van der Waals surface area contributed by atoms with E-state index in [0.29, 0.717) is 12.3 Å². The van der Waals surface area contributed by atoms with Gasteiger partial charge in [0, 0.05) is 6.54 Å². The van der Waals surface area contributed by atoms with Crippen molar-refractivity contribution in [2.45, 2.75) is 37.8 Å². The average molecular weight is 291 g/mol. The molecule has 0 unspecified atom stereocenters. The Morgan fingerprint density at radius 2 is 2.00 bits per heavy atom. The first-order valence-corrected chi connectivity index (χ1v) is 7.07. The first kappa shape index (κ1) is 15.3. The van der Waals surface area contributed by atoms with E-state index in [-0.39, 0.29) is 12.5 Å². The van der Waals surface area contributed by atoms with Crippen molar-refractivity contribution >= 4 is 11.8 Å². The lowest BCUT2D eigenvalue weighted by Gasteiger charge is -2.22. The summed E-state index contributed by atoms with van der Waals surface area (Å²) in [6.45, 7) is 0.216. The number of benzene rings is 1. The molecule has 0 heterocycles. The molecule has 2 rings (SSSR count). The van der Waals surface area contributed by atoms with Crippen LogP contribution in [0.4, 0.5) is 0 Å². The molecule has 2 amide bonds. The maximum Gasteiger partial charge on any atom is 0.255 e. The molecule has 1 aliphatic carbocycles. The SMILES string of the molecule is NC(=O)COc1cccc(CNC(=O)C2(N)CCCC2)c1. The van der Waals surface area contributed by atoms with Gasteiger partial charge in [0.25, 0.3) is 5.91 Å². The molecule has 0 atom stereocenters. The van der Waals surface area contributed by atoms with Crippen molar-refractivity contribution in [3.63, 3.8) is 0 Å². The fraction of sp³-hybridized carbons (Fsp3) is 0.467. The van der Waals surface area contributed by atoms with Crippen LogP contribution in [0.15, 0.2) is 24.3 Å². The van der Waals surface area contributed by atoms with Crippen molar-refractivity contribution < 1.29 is 14.3 Å². The summed E-state index contributed by atoms with van der Waals surface area (Å²) in [5.74, 6) is -0.0904. The topological polar surface area (TPSA) is 107 Å². The molecular formula is C15H21N3O3. The predicted octanol–water partition coefficient (Wildman–Crippen LogP) is 0.438. The molecule has 0 spiro atoms. The Morgan fingerprint density at radius 1 is 1.29 bits per heavy atom. The third-order valence-electron chi connectivity index (χ3n) is 3.68. The molecule has 0 radical (unpaired) electrons. The smallest absolute Gasteiger partial charge is 0.255 e. The zero-order chi connectivity index (χ0) is 15.3. The van der Waals surface area contributed by atoms with Crippen molar-refractivity contribution in [2.24, 2.45) is 11.5 Å². The second-order valence-corrected chi connectivity index (χ2v) is 5.45. The van der Waals surface area contributed by atoms with E-state index < -0.39 is 11.4 Å². The Balaban J connectivity index is 1.89. The highest BCUT2D eigenvalue weighted by Gasteiger charge is 2.36. The molecule has 0 bridgehead atoms. The third-order valence-corrected chi connectivity index (χ3v) is 3.68. The Kier molecular flexibility index (Phi) is 4.80. The Bertz CT molecular complexity index is 525. The first-order chi connectivity index (χ1) is 9.99. The largest absolute Gasteiger partial charge is 0.484 e. The summed E-state index contributed by atoms with van der Waals surface area (Å²) in [5, 5.41) is 2.86. The molecule has 5 N–H and O–H groups in total. The molecule has 1 aromatic rings. The van der Waals surface area contributed by atoms with Gasteiger partial charge in [-0.25, -0.2) is 0 Å². The van der Waals surface area contributed by atoms with Crippen LogP contribution in [0.1, 0.15) is 31.2 Å². The second kappa shape index (κ2) is 6.58. The highest BCUT2D eigenvalue weighted by atomic mass is 16.5. The summed E-state index contributed by atoms with van der Waals surface area (Å²) in [6, 6.07) is 7.16. The van der Waals surface area contributed by atoms with E-state index in [9.17, 15) is 9.59 Å². The summed E-state index contributed by atoms with van der Waals surface area (Å²) >= 11 is 0. The summed E-state index contributed by atoms with van der Waals surface area (Å²) in [7, 11) is 0. The number of nitrogens with one attached hydrogen (secondary N) is 1. The van der Waals surface area contributed by atoms with Gasteiger partial charge >= 0.3 is 0 Å². The fourth-order valence-corrected chi connectivity index (χ4v) is 2.49. The van der Waals surface area contributed by atoms with Crippen LogP contribution < -0.4 is 21.5 Å². The van der Waals surface area contributed by atoms with Gasteiger partial charge in [-0.05, 0) is 30.5 Å². The van der Waals surface area contributed by atoms with Gasteiger partial charge in [0.2, 0.25) is 5.91 Å². The summed E-state index contributed by atoms with van der Waals surface area (Å²) in [5.41, 5.74) is 11.3. The Hall–Kier alpha value is -2.08. The molecule has 1 saturated carbocycles. The van der Waals surface area contributed by atoms with Crippen molar-refractivity contribution in [1.82, 2.24) is 5.32 Å². The number of ether oxygens (including phenoxy) is 1. The minimum atomic E-state index is -0.722. The molecule has 0 aliphatic heterocycles. The zero-order valence-electron chi connectivity index (χ0n) is 11.9. The standard InChI is InChI=1S/C15H21N3O3/c16-13(19)10-21-12-5-3-4-11(8-12)9-18-14(20)15(17)6-1-2-7-15/h3-5,8H,1-2,6-7,9-10,17H2,(H2,16,19)(H,18,20). The summed E-state index contributed by atoms with van der Waals surface area (Å²) in [6.07, 6.45) is 3.47. The predicted molar refractivity (Wildman–Crippen MR) is 78.4 cm³/mol. The van der Waals surface area contributed by atoms with Gasteiger partial charge in [-0.2, -0.15) is 0 Å². The lowest BCUT2D eigenvalue weighted by Crippen LogP contribution is -2.51. The van der Waals surface area contributed by atoms with Crippen LogP contribution >= 0.6 is 0 Å². The van der Waals surface area contributed by atoms with Gasteiger partial charge in [-0.1, -0.05) is 25.0 Å². The number of nitrogens with two attached hydrogens (primary N) is 2. The van der Waals surface area contributed by atoms with Crippen LogP contribution in [0.25, 0.3) is 0 Å². The summed E-state index contributed by atoms with van der Waals surface area (Å²) in [4.78, 5) is 22.8. The summed E-state index contributed by atoms with van der Waals surface area (Å²) < 4.78 is 5.22. The highest BCUT2D eigenvalue weighted by molar-refractivity contribution is 5.86. The van der Waals surface area contributed by atoms with Crippen LogP contribution in [-0.2, 0) is 16.1 Å². The van der Waals surface area contributed by atoms with E-state index >= 15 is 0 Å². The number of carbonyl (C=O) groups is 2. The maximum absolute atomic E-state index is 12.1. The molecule has 114 valence electrons. The molecule has 1 fully saturated rings. The first-order valence-electron chi connectivity index (χ1n) is 7.07. The quantitative estimate of drug-likeness (QED) is 0.706. The number of amides is 2. The molecule has 1 aliphatic rings. The van der Waals surface area contributed by atoms with Crippen LogP contribution in [-0.4, -0.2) is 24.0 Å². The molecule has 0 aromatic heterocycles. The van der Waals surface area contributed by atoms with Crippen molar-refractivity contribution in [2.75, 3.05) is 6.61 Å². The van der Waals surface area contributed by atoms with Crippen LogP contribution in [0, 0.1) is 0 Å². The van der Waals surface area contributed by atoms with Gasteiger partial charge in [0.15, 0.2) is 6.61 Å². The van der Waals surface area contributed by atoms with Gasteiger partial charge in [-0.15, -0.1) is 0 Å². The fourth-order valence-electron chi connectivity index (χ4n) is 2.49. The second-order valence-electron chi connectivity index (χ2n) is 5.45. The van der Waals surface area contributed by atoms with Crippen LogP contribution in [0.3, 0.4) is 0 Å². The number of carbonyl (C=O) groups excluding carboxylic acids is 2. The molecule has 6 nitrogen and oxygen atoms in total. The number of hydrogen-bond acceptors (Lipinski definition) is 4. The lowest BCUT2D eigenvalue weighted by molar-refractivity contribution is -0.126. The lowest BCUT2D eigenvalue weighted by atomic mass is 9.98. The highest BCUT2D eigenvalue weighted by Crippen LogP contribution is 2.27. The van der Waals surface area contributed by atoms with E-state index in [1.807, 2.05) is 6.07 Å². The molecule has 6 heteroatoms. The van der Waals surface area contributed by atoms with E-state index in [4.69, 9.17) is 16.2 Å². The monoisotopic (exact) mass is 291 g/mol. The minimum absolute atomic E-state index is 0.108. The van der Waals surface area contributed by atoms with Gasteiger partial charge in [-0.3, -0.25) is 9.59 Å². The number of hydrogen-bond donors (Lipinski definition) is 3. The van der Waals surface area contributed by atoms with E-state index in [1.54, 1.807) is 18.2 Å². The molecule has 0 saturated heterocycles. The van der Waals surface area contributed by atoms with E-state index in [1.165, 1.54) is 0 Å². The van der Waals surface area contributed by atoms with Gasteiger partial charge < -0.3 is 21.5 Å². The van der Waals surface area contributed by atoms with Crippen LogP contribution in [0.2, 0.25) is 0 Å². The van der Waals surface area contributed by atoms with Crippen molar-refractivity contribution in [3.8, 4) is 5.75 Å². The maximum atomic E-state index is 12.1. The zero-order valence-corrected chi connectivity index (χ0v) is 11.9. The molecular weight excluding hydrogens is 270 g/mol. The van der Waals surface area contributed by atoms with Crippen molar-refractivity contribution in [3.05, 3.63) is 29.8 Å². The minimum Gasteiger partial charge on any atom is -0.484 e. The van der Waals surface area contributed by atoms with Crippen molar-refractivity contribution in [1.29, 1.82) is 0 Å². The molecule has 1 aromatic carbocycles. The van der Waals surface area contributed by atoms with Crippen LogP contribution in [0.5, 0.6) is 5.75 Å². The van der Waals surface area contributed by atoms with Gasteiger partial charge in [0.1, 0.15) is 5.75 Å². The number of rotatable bonds is 6. The molecule has 21 heavy (non-hydrogen) atoms.